The number of nitrogens with one attached hydrogen (secondary N) is 2. The molecule has 2 aromatic carbocycles. The molecule has 0 bridgehead atoms. The molecular formula is C58H73N9O6. The quantitative estimate of drug-likeness (QED) is 0.140. The molecule has 12 rings (SSSR count). The van der Waals surface area contributed by atoms with Crippen LogP contribution in [0.2, 0.25) is 0 Å². The maximum atomic E-state index is 15.3. The number of imidazole rings is 1. The Morgan fingerprint density at radius 3 is 2.19 bits per heavy atom. The van der Waals surface area contributed by atoms with Crippen molar-refractivity contribution in [2.24, 2.45) is 11.3 Å². The van der Waals surface area contributed by atoms with E-state index in [1.54, 1.807) is 0 Å². The van der Waals surface area contributed by atoms with E-state index in [-0.39, 0.29) is 59.6 Å². The summed E-state index contributed by atoms with van der Waals surface area (Å²) in [5, 5.41) is 6.14. The summed E-state index contributed by atoms with van der Waals surface area (Å²) in [7, 11) is 0. The normalized spacial score (nSPS) is 27.3. The molecule has 1 atom stereocenters. The minimum Gasteiger partial charge on any atom is -0.490 e. The van der Waals surface area contributed by atoms with Gasteiger partial charge in [0.2, 0.25) is 29.5 Å². The SMILES string of the molecule is CC(C)n1cnc2cc(-c3ccc4c(c3)N(C3CC(N5CCCCC5)C3)C(=O)C43CCN(C(=O)C4(C)CCN(C(=O)C5CCC(Oc6ccc([C@H]7CCC(=O)NC7=O)cc6)CC5)CC4)CC3)nc(NC3CC3)c21. The van der Waals surface area contributed by atoms with Gasteiger partial charge in [-0.25, -0.2) is 9.97 Å². The number of hydrogen-bond donors (Lipinski definition) is 2. The van der Waals surface area contributed by atoms with Gasteiger partial charge >= 0.3 is 0 Å². The van der Waals surface area contributed by atoms with E-state index in [2.05, 4.69) is 70.0 Å². The summed E-state index contributed by atoms with van der Waals surface area (Å²) in [5.41, 5.74) is 5.52. The van der Waals surface area contributed by atoms with Crippen molar-refractivity contribution in [3.8, 4) is 17.0 Å². The van der Waals surface area contributed by atoms with Crippen LogP contribution in [0.5, 0.6) is 5.75 Å². The predicted octanol–water partition coefficient (Wildman–Crippen LogP) is 8.26. The molecule has 7 heterocycles. The van der Waals surface area contributed by atoms with E-state index >= 15 is 4.79 Å². The number of amides is 5. The number of ether oxygens (including phenoxy) is 1. The Hall–Kier alpha value is -5.83. The second-order valence-corrected chi connectivity index (χ2v) is 23.6. The van der Waals surface area contributed by atoms with E-state index in [0.29, 0.717) is 76.8 Å². The van der Waals surface area contributed by atoms with Crippen molar-refractivity contribution < 1.29 is 28.7 Å². The van der Waals surface area contributed by atoms with Crippen molar-refractivity contribution >= 4 is 52.1 Å². The average Bonchev–Trinajstić information content (AvgIpc) is 4.06. The molecule has 3 aliphatic carbocycles. The Kier molecular flexibility index (Phi) is 12.6. The summed E-state index contributed by atoms with van der Waals surface area (Å²) in [6.07, 6.45) is 16.4. The first-order chi connectivity index (χ1) is 35.3. The Balaban J connectivity index is 0.691. The second-order valence-electron chi connectivity index (χ2n) is 23.6. The molecule has 1 spiro atoms. The lowest BCUT2D eigenvalue weighted by molar-refractivity contribution is -0.150. The first kappa shape index (κ1) is 48.1. The molecule has 2 aromatic heterocycles. The van der Waals surface area contributed by atoms with Crippen molar-refractivity contribution in [3.05, 3.63) is 66.0 Å². The van der Waals surface area contributed by atoms with Crippen LogP contribution in [0.4, 0.5) is 11.5 Å². The van der Waals surface area contributed by atoms with Crippen LogP contribution in [0, 0.1) is 11.3 Å². The van der Waals surface area contributed by atoms with Crippen LogP contribution in [0.3, 0.4) is 0 Å². The highest BCUT2D eigenvalue weighted by Crippen LogP contribution is 2.53. The number of imide groups is 1. The van der Waals surface area contributed by atoms with Crippen LogP contribution < -0.4 is 20.3 Å². The number of rotatable bonds is 11. The fraction of sp³-hybridized carbons (Fsp3) is 0.603. The molecule has 386 valence electrons. The van der Waals surface area contributed by atoms with Gasteiger partial charge < -0.3 is 34.2 Å². The number of aromatic nitrogens is 3. The highest BCUT2D eigenvalue weighted by Gasteiger charge is 2.56. The standard InChI is InChI=1S/C58H73N9O6/c1-36(2)66-35-59-48-34-47(61-52(51(48)66)60-40-12-13-40)39-11-19-46-49(31-39)67(42-32-41(33-42)63-25-5-4-6-26-63)56(72)58(46)23-29-65(30-24-58)55(71)57(3)21-27-64(28-22-57)54(70)38-9-16-44(17-10-38)73-43-14-7-37(8-15-43)45-18-20-50(68)62-53(45)69/h7-8,11,14-15,19,31,34-36,38,40-42,44-45H,4-6,9-10,12-13,16-18,20-30,32-33H2,1-3H3,(H,60,61)(H,62,68,69)/t38?,41?,42?,44?,45-/m1/s1. The molecule has 5 aliphatic heterocycles. The Labute approximate surface area is 429 Å². The van der Waals surface area contributed by atoms with Crippen molar-refractivity contribution in [1.29, 1.82) is 0 Å². The minimum absolute atomic E-state index is 0.0157. The van der Waals surface area contributed by atoms with Gasteiger partial charge in [-0.2, -0.15) is 0 Å². The molecule has 3 saturated carbocycles. The molecule has 0 unspecified atom stereocenters. The molecule has 7 fully saturated rings. The molecule has 0 radical (unpaired) electrons. The average molecular weight is 992 g/mol. The topological polar surface area (TPSA) is 162 Å². The van der Waals surface area contributed by atoms with Gasteiger partial charge in [0.1, 0.15) is 11.3 Å². The second kappa shape index (κ2) is 19.1. The number of hydrogen-bond acceptors (Lipinski definition) is 10. The molecule has 2 N–H and O–H groups in total. The Morgan fingerprint density at radius 2 is 1.51 bits per heavy atom. The van der Waals surface area contributed by atoms with Crippen LogP contribution in [-0.2, 0) is 29.4 Å². The number of anilines is 2. The lowest BCUT2D eigenvalue weighted by Crippen LogP contribution is -2.59. The van der Waals surface area contributed by atoms with E-state index in [1.165, 1.54) is 19.3 Å². The fourth-order valence-corrected chi connectivity index (χ4v) is 13.6. The smallest absolute Gasteiger partial charge is 0.238 e. The number of benzene rings is 2. The van der Waals surface area contributed by atoms with Crippen LogP contribution in [0.15, 0.2) is 54.9 Å². The zero-order valence-corrected chi connectivity index (χ0v) is 43.1. The van der Waals surface area contributed by atoms with Gasteiger partial charge in [0, 0.05) is 79.4 Å². The highest BCUT2D eigenvalue weighted by molar-refractivity contribution is 6.09. The van der Waals surface area contributed by atoms with Gasteiger partial charge in [0.05, 0.1) is 35.0 Å². The summed E-state index contributed by atoms with van der Waals surface area (Å²) in [6.45, 7) is 10.9. The molecule has 5 amide bonds. The third-order valence-corrected chi connectivity index (χ3v) is 18.5. The van der Waals surface area contributed by atoms with Gasteiger partial charge in [-0.05, 0) is 159 Å². The summed E-state index contributed by atoms with van der Waals surface area (Å²) in [4.78, 5) is 86.7. The molecule has 73 heavy (non-hydrogen) atoms. The van der Waals surface area contributed by atoms with Crippen molar-refractivity contribution in [2.45, 2.75) is 172 Å². The zero-order chi connectivity index (χ0) is 50.2. The van der Waals surface area contributed by atoms with Crippen molar-refractivity contribution in [1.82, 2.24) is 34.6 Å². The van der Waals surface area contributed by atoms with E-state index in [0.717, 1.165) is 115 Å². The summed E-state index contributed by atoms with van der Waals surface area (Å²) in [6, 6.07) is 17.6. The van der Waals surface area contributed by atoms with Crippen LogP contribution >= 0.6 is 0 Å². The largest absolute Gasteiger partial charge is 0.490 e. The van der Waals surface area contributed by atoms with Gasteiger partial charge in [-0.3, -0.25) is 29.3 Å². The third kappa shape index (κ3) is 8.98. The predicted molar refractivity (Wildman–Crippen MR) is 279 cm³/mol. The Bertz CT molecular complexity index is 2780. The maximum Gasteiger partial charge on any atom is 0.238 e. The van der Waals surface area contributed by atoms with Gasteiger partial charge in [0.15, 0.2) is 5.82 Å². The summed E-state index contributed by atoms with van der Waals surface area (Å²) in [5.74, 6) is 1.31. The monoisotopic (exact) mass is 992 g/mol. The minimum atomic E-state index is -0.684. The van der Waals surface area contributed by atoms with Crippen LogP contribution in [0.1, 0.15) is 153 Å². The highest BCUT2D eigenvalue weighted by atomic mass is 16.5. The van der Waals surface area contributed by atoms with Gasteiger partial charge in [0.25, 0.3) is 0 Å². The van der Waals surface area contributed by atoms with Crippen LogP contribution in [-0.4, -0.2) is 122 Å². The lowest BCUT2D eigenvalue weighted by atomic mass is 9.72. The first-order valence-electron chi connectivity index (χ1n) is 27.9. The zero-order valence-electron chi connectivity index (χ0n) is 43.1. The number of fused-ring (bicyclic) bond motifs is 3. The first-order valence-corrected chi connectivity index (χ1v) is 27.9. The van der Waals surface area contributed by atoms with Crippen LogP contribution in [0.25, 0.3) is 22.3 Å². The van der Waals surface area contributed by atoms with E-state index < -0.39 is 10.8 Å². The number of carbonyl (C=O) groups excluding carboxylic acids is 5. The Morgan fingerprint density at radius 1 is 0.795 bits per heavy atom. The third-order valence-electron chi connectivity index (χ3n) is 18.5. The molecule has 8 aliphatic rings. The van der Waals surface area contributed by atoms with Crippen molar-refractivity contribution in [2.75, 3.05) is 49.5 Å². The van der Waals surface area contributed by atoms with Gasteiger partial charge in [-0.15, -0.1) is 0 Å². The molecule has 4 saturated heterocycles. The molecule has 4 aromatic rings. The van der Waals surface area contributed by atoms with E-state index in [9.17, 15) is 19.2 Å². The number of nitrogens with zero attached hydrogens (tertiary/aromatic N) is 7. The lowest BCUT2D eigenvalue weighted by Gasteiger charge is -2.48. The maximum absolute atomic E-state index is 15.3. The molecule has 15 nitrogen and oxygen atoms in total. The molecular weight excluding hydrogens is 919 g/mol. The van der Waals surface area contributed by atoms with E-state index in [4.69, 9.17) is 14.7 Å². The number of pyridine rings is 1. The number of likely N-dealkylation sites (tertiary alicyclic amines) is 3. The van der Waals surface area contributed by atoms with Gasteiger partial charge in [-0.1, -0.05) is 37.6 Å². The summed E-state index contributed by atoms with van der Waals surface area (Å²) >= 11 is 0. The number of piperidine rings is 4. The molecule has 15 heteroatoms. The van der Waals surface area contributed by atoms with Crippen molar-refractivity contribution in [3.63, 3.8) is 0 Å². The number of carbonyl (C=O) groups is 5. The fourth-order valence-electron chi connectivity index (χ4n) is 13.6. The summed E-state index contributed by atoms with van der Waals surface area (Å²) < 4.78 is 8.53. The van der Waals surface area contributed by atoms with E-state index in [1.807, 2.05) is 40.4 Å².